The van der Waals surface area contributed by atoms with E-state index in [2.05, 4.69) is 34.6 Å². The summed E-state index contributed by atoms with van der Waals surface area (Å²) in [6.45, 7) is 7.20. The molecule has 0 aromatic carbocycles. The summed E-state index contributed by atoms with van der Waals surface area (Å²) in [4.78, 5) is 72.4. The van der Waals surface area contributed by atoms with Crippen LogP contribution in [0.15, 0.2) is 0 Å². The minimum absolute atomic E-state index is 0.105. The van der Waals surface area contributed by atoms with E-state index < -0.39 is 97.5 Å². The predicted octanol–water partition coefficient (Wildman–Crippen LogP) is 19.7. The molecule has 19 heteroatoms. The summed E-state index contributed by atoms with van der Waals surface area (Å²) in [5, 5.41) is 10.6. The number of carbonyl (C=O) groups excluding carboxylic acids is 4. The van der Waals surface area contributed by atoms with Crippen molar-refractivity contribution in [3.63, 3.8) is 0 Å². The first kappa shape index (κ1) is 86.1. The summed E-state index contributed by atoms with van der Waals surface area (Å²) in [7, 11) is -9.89. The summed E-state index contributed by atoms with van der Waals surface area (Å²) in [6.07, 6.45) is 48.5. The number of unbranched alkanes of at least 4 members (excludes halogenated alkanes) is 41. The highest BCUT2D eigenvalue weighted by atomic mass is 31.2. The fourth-order valence-electron chi connectivity index (χ4n) is 10.5. The Labute approximate surface area is 537 Å². The highest BCUT2D eigenvalue weighted by molar-refractivity contribution is 7.47. The van der Waals surface area contributed by atoms with Crippen LogP contribution in [0, 0.1) is 5.92 Å². The molecule has 0 spiro atoms. The lowest BCUT2D eigenvalue weighted by molar-refractivity contribution is -0.161. The highest BCUT2D eigenvalue weighted by Gasteiger charge is 2.30. The van der Waals surface area contributed by atoms with Gasteiger partial charge in [-0.1, -0.05) is 304 Å². The van der Waals surface area contributed by atoms with Crippen LogP contribution in [0.2, 0.25) is 0 Å². The lowest BCUT2D eigenvalue weighted by Crippen LogP contribution is -2.30. The van der Waals surface area contributed by atoms with Crippen molar-refractivity contribution in [3.05, 3.63) is 0 Å². The number of aliphatic hydroxyl groups excluding tert-OH is 1. The van der Waals surface area contributed by atoms with Gasteiger partial charge in [0.15, 0.2) is 12.2 Å². The van der Waals surface area contributed by atoms with Gasteiger partial charge < -0.3 is 33.8 Å². The Morgan fingerprint density at radius 1 is 0.307 bits per heavy atom. The van der Waals surface area contributed by atoms with Crippen molar-refractivity contribution in [2.24, 2.45) is 5.92 Å². The first-order valence-electron chi connectivity index (χ1n) is 36.1. The molecule has 0 bridgehead atoms. The molecule has 0 rings (SSSR count). The molecular formula is C69H134O17P2. The molecule has 0 fully saturated rings. The second-order valence-electron chi connectivity index (χ2n) is 25.4. The highest BCUT2D eigenvalue weighted by Crippen LogP contribution is 2.45. The number of hydrogen-bond donors (Lipinski definition) is 3. The van der Waals surface area contributed by atoms with Crippen LogP contribution in [-0.2, 0) is 65.4 Å². The third kappa shape index (κ3) is 62.8. The summed E-state index contributed by atoms with van der Waals surface area (Å²) >= 11 is 0. The van der Waals surface area contributed by atoms with Gasteiger partial charge in [0.25, 0.3) is 0 Å². The van der Waals surface area contributed by atoms with Crippen LogP contribution >= 0.6 is 15.6 Å². The van der Waals surface area contributed by atoms with E-state index in [0.29, 0.717) is 25.7 Å². The van der Waals surface area contributed by atoms with E-state index in [1.165, 1.54) is 173 Å². The summed E-state index contributed by atoms with van der Waals surface area (Å²) < 4.78 is 68.2. The minimum Gasteiger partial charge on any atom is -0.462 e. The molecule has 0 radical (unpaired) electrons. The van der Waals surface area contributed by atoms with Crippen LogP contribution in [0.5, 0.6) is 0 Å². The Kier molecular flexibility index (Phi) is 61.1. The Hall–Kier alpha value is -1.94. The predicted molar refractivity (Wildman–Crippen MR) is 354 cm³/mol. The zero-order chi connectivity index (χ0) is 64.9. The number of ether oxygens (including phenoxy) is 4. The molecule has 0 amide bonds. The topological polar surface area (TPSA) is 237 Å². The van der Waals surface area contributed by atoms with Gasteiger partial charge in [-0.3, -0.25) is 37.3 Å². The molecule has 17 nitrogen and oxygen atoms in total. The van der Waals surface area contributed by atoms with Gasteiger partial charge in [0, 0.05) is 25.7 Å². The average molecular weight is 1300 g/mol. The molecule has 0 aromatic heterocycles. The van der Waals surface area contributed by atoms with Crippen LogP contribution < -0.4 is 0 Å². The Balaban J connectivity index is 5.23. The average Bonchev–Trinajstić information content (AvgIpc) is 3.68. The van der Waals surface area contributed by atoms with E-state index >= 15 is 0 Å². The molecule has 5 atom stereocenters. The van der Waals surface area contributed by atoms with E-state index in [1.54, 1.807) is 0 Å². The second kappa shape index (κ2) is 62.5. The van der Waals surface area contributed by atoms with E-state index in [-0.39, 0.29) is 25.7 Å². The van der Waals surface area contributed by atoms with Gasteiger partial charge in [0.1, 0.15) is 19.3 Å². The van der Waals surface area contributed by atoms with E-state index in [9.17, 15) is 43.2 Å². The number of aliphatic hydroxyl groups is 1. The molecule has 0 aromatic rings. The Bertz CT molecular complexity index is 1700. The monoisotopic (exact) mass is 1300 g/mol. The van der Waals surface area contributed by atoms with Crippen LogP contribution in [0.4, 0.5) is 0 Å². The molecule has 0 aliphatic rings. The smallest absolute Gasteiger partial charge is 0.462 e. The number of rotatable bonds is 69. The summed E-state index contributed by atoms with van der Waals surface area (Å²) in [5.74, 6) is -1.39. The van der Waals surface area contributed by atoms with Gasteiger partial charge in [-0.25, -0.2) is 9.13 Å². The zero-order valence-electron chi connectivity index (χ0n) is 56.9. The first-order chi connectivity index (χ1) is 42.5. The van der Waals surface area contributed by atoms with Crippen molar-refractivity contribution < 1.29 is 80.2 Å². The van der Waals surface area contributed by atoms with Crippen LogP contribution in [-0.4, -0.2) is 96.7 Å². The van der Waals surface area contributed by atoms with Crippen molar-refractivity contribution in [1.29, 1.82) is 0 Å². The van der Waals surface area contributed by atoms with E-state index in [0.717, 1.165) is 102 Å². The molecule has 0 saturated carbocycles. The largest absolute Gasteiger partial charge is 0.472 e. The fourth-order valence-corrected chi connectivity index (χ4v) is 12.0. The minimum atomic E-state index is -4.95. The van der Waals surface area contributed by atoms with Crippen LogP contribution in [0.3, 0.4) is 0 Å². The molecule has 522 valence electrons. The van der Waals surface area contributed by atoms with Gasteiger partial charge in [-0.15, -0.1) is 0 Å². The van der Waals surface area contributed by atoms with E-state index in [4.69, 9.17) is 37.0 Å². The molecule has 0 heterocycles. The lowest BCUT2D eigenvalue weighted by atomic mass is 10.0. The van der Waals surface area contributed by atoms with Gasteiger partial charge in [-0.2, -0.15) is 0 Å². The summed E-state index contributed by atoms with van der Waals surface area (Å²) in [6, 6.07) is 0. The van der Waals surface area contributed by atoms with Gasteiger partial charge in [-0.05, 0) is 31.6 Å². The van der Waals surface area contributed by atoms with E-state index in [1.807, 2.05) is 0 Å². The number of carbonyl (C=O) groups is 4. The standard InChI is InChI=1S/C69H134O17P2/c1-6-9-12-15-18-21-23-25-27-29-33-38-43-48-53-67(72)80-59-65(85-68(73)54-49-44-39-34-30-28-26-24-22-19-16-13-10-7-2)61-84-88(77,78)82-57-63(70)56-81-87(75,76)83-60-64(58-79-66(71)52-47-42-37-20-17-14-11-8-3)86-69(74)55-50-45-40-35-31-32-36-41-46-51-62(4)5/h62-65,70H,6-61H2,1-5H3,(H,75,76)(H,77,78)/t63-,64+,65+/m0/s1. The quantitative estimate of drug-likeness (QED) is 0.0222. The van der Waals surface area contributed by atoms with Crippen molar-refractivity contribution in [1.82, 2.24) is 0 Å². The number of phosphoric ester groups is 2. The molecule has 2 unspecified atom stereocenters. The van der Waals surface area contributed by atoms with Gasteiger partial charge in [0.2, 0.25) is 0 Å². The molecule has 3 N–H and O–H groups in total. The zero-order valence-corrected chi connectivity index (χ0v) is 58.6. The molecule has 88 heavy (non-hydrogen) atoms. The maximum Gasteiger partial charge on any atom is 0.472 e. The Morgan fingerprint density at radius 2 is 0.523 bits per heavy atom. The SMILES string of the molecule is CCCCCCCCCCCCCCCCC(=O)OC[C@H](COP(=O)(O)OC[C@@H](O)COP(=O)(O)OC[C@@H](COC(=O)CCCCCCCCCC)OC(=O)CCCCCCCCCCCC(C)C)OC(=O)CCCCCCCCCCCCCCCC. The lowest BCUT2D eigenvalue weighted by Gasteiger charge is -2.21. The number of hydrogen-bond acceptors (Lipinski definition) is 15. The molecule has 0 saturated heterocycles. The molecule has 0 aliphatic carbocycles. The van der Waals surface area contributed by atoms with Crippen LogP contribution in [0.1, 0.15) is 356 Å². The van der Waals surface area contributed by atoms with Gasteiger partial charge >= 0.3 is 39.5 Å². The third-order valence-electron chi connectivity index (χ3n) is 16.0. The fraction of sp³-hybridized carbons (Fsp3) is 0.942. The van der Waals surface area contributed by atoms with Crippen molar-refractivity contribution >= 4 is 39.5 Å². The van der Waals surface area contributed by atoms with Crippen LogP contribution in [0.25, 0.3) is 0 Å². The maximum absolute atomic E-state index is 13.0. The third-order valence-corrected chi connectivity index (χ3v) is 17.9. The number of esters is 4. The van der Waals surface area contributed by atoms with Gasteiger partial charge in [0.05, 0.1) is 26.4 Å². The van der Waals surface area contributed by atoms with Crippen molar-refractivity contribution in [2.45, 2.75) is 374 Å². The van der Waals surface area contributed by atoms with Crippen molar-refractivity contribution in [2.75, 3.05) is 39.6 Å². The maximum atomic E-state index is 13.0. The Morgan fingerprint density at radius 3 is 0.773 bits per heavy atom. The normalized spacial score (nSPS) is 14.1. The summed E-state index contributed by atoms with van der Waals surface area (Å²) in [5.41, 5.74) is 0. The molecular weight excluding hydrogens is 1160 g/mol. The second-order valence-corrected chi connectivity index (χ2v) is 28.3. The number of phosphoric acid groups is 2. The van der Waals surface area contributed by atoms with Crippen molar-refractivity contribution in [3.8, 4) is 0 Å². The first-order valence-corrected chi connectivity index (χ1v) is 39.1. The molecule has 0 aliphatic heterocycles.